The van der Waals surface area contributed by atoms with Gasteiger partial charge in [-0.2, -0.15) is 4.79 Å². The molecule has 0 aliphatic carbocycles. The molecule has 0 aliphatic heterocycles. The Morgan fingerprint density at radius 3 is 2.36 bits per heavy atom. The number of hydrogen-bond acceptors (Lipinski definition) is 1. The molecule has 6 heteroatoms. The van der Waals surface area contributed by atoms with Crippen LogP contribution in [-0.4, -0.2) is 16.8 Å². The highest BCUT2D eigenvalue weighted by atomic mass is 19.2. The molecule has 1 aromatic rings. The van der Waals surface area contributed by atoms with Crippen molar-refractivity contribution in [2.75, 3.05) is 0 Å². The van der Waals surface area contributed by atoms with E-state index in [4.69, 9.17) is 5.53 Å². The van der Waals surface area contributed by atoms with Gasteiger partial charge in [0.25, 0.3) is 5.78 Å². The van der Waals surface area contributed by atoms with Crippen LogP contribution in [0.4, 0.5) is 13.2 Å². The summed E-state index contributed by atoms with van der Waals surface area (Å²) in [5.41, 5.74) is 7.28. The van der Waals surface area contributed by atoms with Gasteiger partial charge in [0, 0.05) is 6.07 Å². The van der Waals surface area contributed by atoms with Crippen molar-refractivity contribution < 1.29 is 22.8 Å². The first-order valence-corrected chi connectivity index (χ1v) is 3.42. The molecule has 0 atom stereocenters. The molecule has 0 heterocycles. The van der Waals surface area contributed by atoms with Gasteiger partial charge in [-0.25, -0.2) is 13.2 Å². The fourth-order valence-corrected chi connectivity index (χ4v) is 0.833. The Bertz CT molecular complexity index is 438. The van der Waals surface area contributed by atoms with E-state index in [9.17, 15) is 18.0 Å². The van der Waals surface area contributed by atoms with Crippen molar-refractivity contribution >= 4 is 12.0 Å². The highest BCUT2D eigenvalue weighted by Crippen LogP contribution is 2.13. The van der Waals surface area contributed by atoms with Crippen LogP contribution in [0.1, 0.15) is 10.4 Å². The summed E-state index contributed by atoms with van der Waals surface area (Å²) >= 11 is 0. The molecule has 3 nitrogen and oxygen atoms in total. The Balaban J connectivity index is 3.29. The number of carbonyl (C=O) groups excluding carboxylic acids is 1. The molecular formula is C8H3F3N2O. The number of hydrogen-bond donors (Lipinski definition) is 0. The summed E-state index contributed by atoms with van der Waals surface area (Å²) in [6.07, 6.45) is 0.385. The number of rotatable bonds is 2. The van der Waals surface area contributed by atoms with Crippen LogP contribution in [0.3, 0.4) is 0 Å². The molecule has 1 rings (SSSR count). The normalized spacial score (nSPS) is 9.36. The molecule has 0 unspecified atom stereocenters. The molecule has 0 saturated heterocycles. The third-order valence-electron chi connectivity index (χ3n) is 1.45. The van der Waals surface area contributed by atoms with Crippen LogP contribution in [0.2, 0.25) is 0 Å². The zero-order valence-corrected chi connectivity index (χ0v) is 6.67. The zero-order chi connectivity index (χ0) is 10.7. The molecule has 0 saturated carbocycles. The standard InChI is InChI=1S/C8H3F3N2O/c9-5-2-7(11)6(10)1-4(5)8(14)3-13-12/h1-3H. The van der Waals surface area contributed by atoms with Crippen LogP contribution in [0, 0.1) is 17.5 Å². The molecule has 0 fully saturated rings. The van der Waals surface area contributed by atoms with Crippen molar-refractivity contribution in [3.8, 4) is 0 Å². The van der Waals surface area contributed by atoms with Crippen molar-refractivity contribution in [3.63, 3.8) is 0 Å². The van der Waals surface area contributed by atoms with Crippen molar-refractivity contribution in [1.82, 2.24) is 0 Å². The summed E-state index contributed by atoms with van der Waals surface area (Å²) in [7, 11) is 0. The predicted molar refractivity (Wildman–Crippen MR) is 40.3 cm³/mol. The number of ketones is 1. The summed E-state index contributed by atoms with van der Waals surface area (Å²) in [4.78, 5) is 13.2. The Labute approximate surface area is 76.4 Å². The first-order chi connectivity index (χ1) is 6.56. The number of benzene rings is 1. The Kier molecular flexibility index (Phi) is 2.79. The Morgan fingerprint density at radius 2 is 1.79 bits per heavy atom. The molecule has 0 N–H and O–H groups in total. The average molecular weight is 200 g/mol. The van der Waals surface area contributed by atoms with E-state index in [-0.39, 0.29) is 6.07 Å². The highest BCUT2D eigenvalue weighted by molar-refractivity contribution is 6.33. The van der Waals surface area contributed by atoms with Gasteiger partial charge in [-0.15, -0.1) is 0 Å². The van der Waals surface area contributed by atoms with Gasteiger partial charge in [-0.1, -0.05) is 0 Å². The number of Topliss-reactive ketones (excluding diaryl/α,β-unsaturated/α-hetero) is 1. The summed E-state index contributed by atoms with van der Waals surface area (Å²) < 4.78 is 37.8. The van der Waals surface area contributed by atoms with Crippen molar-refractivity contribution in [1.29, 1.82) is 0 Å². The van der Waals surface area contributed by atoms with Crippen LogP contribution < -0.4 is 0 Å². The van der Waals surface area contributed by atoms with E-state index in [1.165, 1.54) is 0 Å². The Hall–Kier alpha value is -1.94. The fourth-order valence-electron chi connectivity index (χ4n) is 0.833. The van der Waals surface area contributed by atoms with E-state index in [0.29, 0.717) is 12.3 Å². The minimum absolute atomic E-state index is 0.244. The van der Waals surface area contributed by atoms with E-state index in [2.05, 4.69) is 4.79 Å². The van der Waals surface area contributed by atoms with Crippen LogP contribution in [0.25, 0.3) is 5.53 Å². The largest absolute Gasteiger partial charge is 0.361 e. The van der Waals surface area contributed by atoms with Gasteiger partial charge < -0.3 is 5.53 Å². The Morgan fingerprint density at radius 1 is 1.21 bits per heavy atom. The summed E-state index contributed by atoms with van der Waals surface area (Å²) in [5.74, 6) is -5.00. The van der Waals surface area contributed by atoms with E-state index < -0.39 is 28.8 Å². The quantitative estimate of drug-likeness (QED) is 0.235. The third kappa shape index (κ3) is 1.86. The van der Waals surface area contributed by atoms with Crippen LogP contribution in [0.15, 0.2) is 12.1 Å². The first kappa shape index (κ1) is 10.1. The molecule has 0 amide bonds. The maximum Gasteiger partial charge on any atom is 0.328 e. The van der Waals surface area contributed by atoms with Gasteiger partial charge in [0.15, 0.2) is 11.6 Å². The van der Waals surface area contributed by atoms with Crippen molar-refractivity contribution in [2.45, 2.75) is 0 Å². The summed E-state index contributed by atoms with van der Waals surface area (Å²) in [5, 5.41) is 0. The van der Waals surface area contributed by atoms with Gasteiger partial charge >= 0.3 is 6.21 Å². The number of carbonyl (C=O) groups is 1. The molecule has 0 radical (unpaired) electrons. The van der Waals surface area contributed by atoms with Crippen LogP contribution >= 0.6 is 0 Å². The smallest absolute Gasteiger partial charge is 0.328 e. The summed E-state index contributed by atoms with van der Waals surface area (Å²) in [6, 6.07) is 0.641. The second-order valence-corrected chi connectivity index (χ2v) is 2.35. The monoisotopic (exact) mass is 200 g/mol. The molecule has 1 aromatic carbocycles. The topological polar surface area (TPSA) is 53.5 Å². The number of nitrogens with zero attached hydrogens (tertiary/aromatic N) is 2. The van der Waals surface area contributed by atoms with E-state index in [1.54, 1.807) is 0 Å². The lowest BCUT2D eigenvalue weighted by molar-refractivity contribution is 0.00230. The lowest BCUT2D eigenvalue weighted by Gasteiger charge is -1.97. The van der Waals surface area contributed by atoms with E-state index >= 15 is 0 Å². The first-order valence-electron chi connectivity index (χ1n) is 3.42. The second kappa shape index (κ2) is 3.85. The van der Waals surface area contributed by atoms with Crippen LogP contribution in [-0.2, 0) is 0 Å². The molecule has 0 aliphatic rings. The van der Waals surface area contributed by atoms with E-state index in [1.807, 2.05) is 0 Å². The molecule has 0 spiro atoms. The maximum atomic E-state index is 12.8. The van der Waals surface area contributed by atoms with Crippen molar-refractivity contribution in [2.24, 2.45) is 0 Å². The predicted octanol–water partition coefficient (Wildman–Crippen LogP) is 1.59. The average Bonchev–Trinajstić information content (AvgIpc) is 2.11. The number of halogens is 3. The van der Waals surface area contributed by atoms with Gasteiger partial charge in [0.2, 0.25) is 0 Å². The van der Waals surface area contributed by atoms with Gasteiger partial charge in [0.05, 0.1) is 5.56 Å². The minimum atomic E-state index is -1.39. The highest BCUT2D eigenvalue weighted by Gasteiger charge is 2.16. The second-order valence-electron chi connectivity index (χ2n) is 2.35. The van der Waals surface area contributed by atoms with Crippen LogP contribution in [0.5, 0.6) is 0 Å². The van der Waals surface area contributed by atoms with Gasteiger partial charge in [-0.05, 0) is 6.07 Å². The SMILES string of the molecule is [N-]=[N+]=CC(=O)c1cc(F)c(F)cc1F. The molecular weight excluding hydrogens is 197 g/mol. The van der Waals surface area contributed by atoms with Gasteiger partial charge in [-0.3, -0.25) is 4.79 Å². The lowest BCUT2D eigenvalue weighted by Crippen LogP contribution is -2.06. The molecule has 72 valence electrons. The third-order valence-corrected chi connectivity index (χ3v) is 1.45. The molecule has 0 bridgehead atoms. The summed E-state index contributed by atoms with van der Waals surface area (Å²) in [6.45, 7) is 0. The lowest BCUT2D eigenvalue weighted by atomic mass is 10.1. The van der Waals surface area contributed by atoms with E-state index in [0.717, 1.165) is 0 Å². The zero-order valence-electron chi connectivity index (χ0n) is 6.67. The molecule has 0 aromatic heterocycles. The van der Waals surface area contributed by atoms with Crippen molar-refractivity contribution in [3.05, 3.63) is 40.7 Å². The maximum absolute atomic E-state index is 12.8. The minimum Gasteiger partial charge on any atom is -0.361 e. The molecule has 14 heavy (non-hydrogen) atoms. The fraction of sp³-hybridized carbons (Fsp3) is 0. The van der Waals surface area contributed by atoms with Gasteiger partial charge in [0.1, 0.15) is 5.82 Å².